The summed E-state index contributed by atoms with van der Waals surface area (Å²) in [5.74, 6) is 1.47. The second-order valence-corrected chi connectivity index (χ2v) is 11.4. The number of hydrogen-bond donors (Lipinski definition) is 0. The summed E-state index contributed by atoms with van der Waals surface area (Å²) in [6.07, 6.45) is 0. The van der Waals surface area contributed by atoms with E-state index < -0.39 is 0 Å². The lowest BCUT2D eigenvalue weighted by Gasteiger charge is -2.36. The summed E-state index contributed by atoms with van der Waals surface area (Å²) in [5, 5.41) is 0. The number of aromatic nitrogens is 5. The van der Waals surface area contributed by atoms with E-state index in [1.807, 2.05) is 28.8 Å². The molecule has 0 radical (unpaired) electrons. The molecule has 0 N–H and O–H groups in total. The highest BCUT2D eigenvalue weighted by atomic mass is 32.2. The van der Waals surface area contributed by atoms with Gasteiger partial charge in [-0.1, -0.05) is 42.1 Å². The van der Waals surface area contributed by atoms with Crippen LogP contribution in [0, 0.1) is 0 Å². The summed E-state index contributed by atoms with van der Waals surface area (Å²) < 4.78 is 6.80. The second kappa shape index (κ2) is 9.71. The van der Waals surface area contributed by atoms with Crippen LogP contribution in [-0.2, 0) is 20.6 Å². The lowest BCUT2D eigenvalue weighted by atomic mass is 10.2. The van der Waals surface area contributed by atoms with Gasteiger partial charge < -0.3 is 14.4 Å². The third kappa shape index (κ3) is 4.31. The first kappa shape index (κ1) is 23.8. The van der Waals surface area contributed by atoms with E-state index >= 15 is 0 Å². The van der Waals surface area contributed by atoms with Crippen molar-refractivity contribution < 1.29 is 0 Å². The Morgan fingerprint density at radius 2 is 1.57 bits per heavy atom. The SMILES string of the molecule is Cn1c(=O)c2c(nc(N3CCN(c4ccccc4)CC3)n2CCSc2nc3ccccc3s2)n(C)c1=O. The molecule has 0 spiro atoms. The van der Waals surface area contributed by atoms with Gasteiger partial charge >= 0.3 is 5.69 Å². The molecule has 11 heteroatoms. The number of imidazole rings is 1. The standard InChI is InChI=1S/C26H27N7O2S2/c1-29-22-21(23(34)30(2)26(29)35)33(16-17-36-25-27-19-10-6-7-11-20(19)37-25)24(28-22)32-14-12-31(13-15-32)18-8-4-3-5-9-18/h3-11H,12-17H2,1-2H3. The Morgan fingerprint density at radius 1 is 0.865 bits per heavy atom. The maximum absolute atomic E-state index is 13.3. The van der Waals surface area contributed by atoms with Crippen molar-refractivity contribution in [3.63, 3.8) is 0 Å². The highest BCUT2D eigenvalue weighted by Crippen LogP contribution is 2.30. The number of aryl methyl sites for hydroxylation is 2. The molecule has 2 aromatic carbocycles. The average molecular weight is 534 g/mol. The highest BCUT2D eigenvalue weighted by molar-refractivity contribution is 8.01. The zero-order valence-corrected chi connectivity index (χ0v) is 22.3. The monoisotopic (exact) mass is 533 g/mol. The van der Waals surface area contributed by atoms with Crippen molar-refractivity contribution in [2.45, 2.75) is 10.9 Å². The van der Waals surface area contributed by atoms with Crippen LogP contribution in [0.4, 0.5) is 11.6 Å². The molecule has 5 aromatic rings. The fourth-order valence-corrected chi connectivity index (χ4v) is 6.89. The molecular formula is C26H27N7O2S2. The minimum atomic E-state index is -0.369. The molecule has 1 saturated heterocycles. The Morgan fingerprint density at radius 3 is 2.32 bits per heavy atom. The summed E-state index contributed by atoms with van der Waals surface area (Å²) in [5.41, 5.74) is 2.42. The number of thiazole rings is 1. The van der Waals surface area contributed by atoms with Gasteiger partial charge in [0.25, 0.3) is 5.56 Å². The lowest BCUT2D eigenvalue weighted by Crippen LogP contribution is -2.47. The van der Waals surface area contributed by atoms with Gasteiger partial charge in [-0.2, -0.15) is 4.98 Å². The van der Waals surface area contributed by atoms with E-state index in [4.69, 9.17) is 9.97 Å². The topological polar surface area (TPSA) is 81.2 Å². The number of anilines is 2. The van der Waals surface area contributed by atoms with Gasteiger partial charge in [-0.25, -0.2) is 9.78 Å². The van der Waals surface area contributed by atoms with E-state index in [2.05, 4.69) is 40.1 Å². The molecule has 9 nitrogen and oxygen atoms in total. The van der Waals surface area contributed by atoms with E-state index in [-0.39, 0.29) is 11.2 Å². The first-order valence-corrected chi connectivity index (χ1v) is 14.0. The maximum atomic E-state index is 13.3. The second-order valence-electron chi connectivity index (χ2n) is 9.05. The van der Waals surface area contributed by atoms with Crippen molar-refractivity contribution in [2.24, 2.45) is 14.1 Å². The predicted molar refractivity (Wildman–Crippen MR) is 151 cm³/mol. The molecule has 0 unspecified atom stereocenters. The molecule has 0 amide bonds. The van der Waals surface area contributed by atoms with Crippen molar-refractivity contribution in [1.82, 2.24) is 23.7 Å². The molecule has 4 heterocycles. The molecule has 0 saturated carbocycles. The van der Waals surface area contributed by atoms with Crippen molar-refractivity contribution >= 4 is 56.1 Å². The summed E-state index contributed by atoms with van der Waals surface area (Å²) in [7, 11) is 3.20. The molecule has 0 atom stereocenters. The molecule has 37 heavy (non-hydrogen) atoms. The van der Waals surface area contributed by atoms with Crippen LogP contribution in [0.5, 0.6) is 0 Å². The number of piperazine rings is 1. The molecule has 1 fully saturated rings. The Hall–Kier alpha value is -3.57. The molecule has 6 rings (SSSR count). The summed E-state index contributed by atoms with van der Waals surface area (Å²) >= 11 is 3.36. The molecule has 1 aliphatic heterocycles. The highest BCUT2D eigenvalue weighted by Gasteiger charge is 2.25. The first-order valence-electron chi connectivity index (χ1n) is 12.2. The van der Waals surface area contributed by atoms with Crippen LogP contribution in [0.15, 0.2) is 68.5 Å². The van der Waals surface area contributed by atoms with Crippen LogP contribution in [-0.4, -0.2) is 55.6 Å². The van der Waals surface area contributed by atoms with Gasteiger partial charge in [0.05, 0.1) is 10.2 Å². The number of rotatable bonds is 6. The fraction of sp³-hybridized carbons (Fsp3) is 0.308. The number of nitrogens with zero attached hydrogens (tertiary/aromatic N) is 7. The van der Waals surface area contributed by atoms with Gasteiger partial charge in [-0.3, -0.25) is 13.9 Å². The van der Waals surface area contributed by atoms with Crippen molar-refractivity contribution in [3.8, 4) is 0 Å². The molecule has 0 aliphatic carbocycles. The number of hydrogen-bond acceptors (Lipinski definition) is 8. The van der Waals surface area contributed by atoms with Gasteiger partial charge in [0.1, 0.15) is 0 Å². The minimum Gasteiger partial charge on any atom is -0.368 e. The Bertz CT molecular complexity index is 1660. The Kier molecular flexibility index (Phi) is 6.25. The maximum Gasteiger partial charge on any atom is 0.332 e. The van der Waals surface area contributed by atoms with Crippen LogP contribution < -0.4 is 21.0 Å². The number of benzene rings is 2. The third-order valence-electron chi connectivity index (χ3n) is 6.83. The summed E-state index contributed by atoms with van der Waals surface area (Å²) in [4.78, 5) is 40.1. The van der Waals surface area contributed by atoms with Gasteiger partial charge in [-0.05, 0) is 24.3 Å². The molecule has 1 aliphatic rings. The number of para-hydroxylation sites is 2. The largest absolute Gasteiger partial charge is 0.368 e. The van der Waals surface area contributed by atoms with Crippen LogP contribution in [0.1, 0.15) is 0 Å². The minimum absolute atomic E-state index is 0.315. The molecule has 0 bridgehead atoms. The van der Waals surface area contributed by atoms with Crippen LogP contribution in [0.3, 0.4) is 0 Å². The van der Waals surface area contributed by atoms with Gasteiger partial charge in [-0.15, -0.1) is 11.3 Å². The Balaban J connectivity index is 1.31. The van der Waals surface area contributed by atoms with Gasteiger partial charge in [0.15, 0.2) is 15.5 Å². The van der Waals surface area contributed by atoms with E-state index in [0.29, 0.717) is 17.7 Å². The molecule has 3 aromatic heterocycles. The predicted octanol–water partition coefficient (Wildman–Crippen LogP) is 3.16. The number of fused-ring (bicyclic) bond motifs is 2. The normalized spacial score (nSPS) is 14.2. The third-order valence-corrected chi connectivity index (χ3v) is 8.99. The van der Waals surface area contributed by atoms with Gasteiger partial charge in [0, 0.05) is 58.3 Å². The number of thioether (sulfide) groups is 1. The van der Waals surface area contributed by atoms with Crippen molar-refractivity contribution in [2.75, 3.05) is 41.7 Å². The molecular weight excluding hydrogens is 506 g/mol. The van der Waals surface area contributed by atoms with Crippen molar-refractivity contribution in [1.29, 1.82) is 0 Å². The van der Waals surface area contributed by atoms with Crippen molar-refractivity contribution in [3.05, 3.63) is 75.4 Å². The first-order chi connectivity index (χ1) is 18.0. The fourth-order valence-electron chi connectivity index (χ4n) is 4.83. The Labute approximate surface area is 221 Å². The van der Waals surface area contributed by atoms with Crippen LogP contribution in [0.2, 0.25) is 0 Å². The van der Waals surface area contributed by atoms with E-state index in [9.17, 15) is 9.59 Å². The van der Waals surface area contributed by atoms with Crippen LogP contribution in [0.25, 0.3) is 21.4 Å². The smallest absolute Gasteiger partial charge is 0.332 e. The van der Waals surface area contributed by atoms with E-state index in [0.717, 1.165) is 47.7 Å². The summed E-state index contributed by atoms with van der Waals surface area (Å²) in [6.45, 7) is 3.84. The van der Waals surface area contributed by atoms with Crippen LogP contribution >= 0.6 is 23.1 Å². The molecule has 190 valence electrons. The van der Waals surface area contributed by atoms with E-state index in [1.54, 1.807) is 30.1 Å². The zero-order valence-electron chi connectivity index (χ0n) is 20.7. The van der Waals surface area contributed by atoms with Gasteiger partial charge in [0.2, 0.25) is 5.95 Å². The quantitative estimate of drug-likeness (QED) is 0.310. The van der Waals surface area contributed by atoms with E-state index in [1.165, 1.54) is 26.6 Å². The zero-order chi connectivity index (χ0) is 25.5. The lowest BCUT2D eigenvalue weighted by molar-refractivity contribution is 0.622. The summed E-state index contributed by atoms with van der Waals surface area (Å²) in [6, 6.07) is 18.5. The average Bonchev–Trinajstić information content (AvgIpc) is 3.53.